The van der Waals surface area contributed by atoms with E-state index in [9.17, 15) is 17.3 Å². The van der Waals surface area contributed by atoms with Crippen LogP contribution in [0, 0.1) is 0 Å². The number of halogens is 5. The van der Waals surface area contributed by atoms with Gasteiger partial charge < -0.3 is 17.3 Å². The lowest BCUT2D eigenvalue weighted by atomic mass is 10.2. The van der Waals surface area contributed by atoms with E-state index in [2.05, 4.69) is 48.2 Å². The van der Waals surface area contributed by atoms with Gasteiger partial charge in [0.05, 0.1) is 0 Å². The van der Waals surface area contributed by atoms with Crippen LogP contribution in [0.25, 0.3) is 0 Å². The molecule has 0 N–H and O–H groups in total. The van der Waals surface area contributed by atoms with E-state index >= 15 is 0 Å². The van der Waals surface area contributed by atoms with E-state index in [-0.39, 0.29) is 12.6 Å². The van der Waals surface area contributed by atoms with E-state index in [1.807, 2.05) is 0 Å². The molecule has 0 atom stereocenters. The minimum atomic E-state index is -6.00. The van der Waals surface area contributed by atoms with Gasteiger partial charge >= 0.3 is 7.25 Å². The van der Waals surface area contributed by atoms with E-state index in [1.165, 1.54) is 0 Å². The van der Waals surface area contributed by atoms with Crippen molar-refractivity contribution < 1.29 is 22.0 Å². The summed E-state index contributed by atoms with van der Waals surface area (Å²) in [4.78, 5) is 0. The van der Waals surface area contributed by atoms with Gasteiger partial charge in [-0.2, -0.15) is 0 Å². The smallest absolute Gasteiger partial charge is 0.418 e. The summed E-state index contributed by atoms with van der Waals surface area (Å²) in [6.45, 7) is 16.4. The quantitative estimate of drug-likeness (QED) is 0.323. The summed E-state index contributed by atoms with van der Waals surface area (Å²) in [6, 6.07) is 0. The van der Waals surface area contributed by atoms with E-state index in [4.69, 9.17) is 0 Å². The van der Waals surface area contributed by atoms with Crippen molar-refractivity contribution in [2.75, 3.05) is 6.66 Å². The number of hydrogen-bond acceptors (Lipinski definition) is 0. The highest BCUT2D eigenvalue weighted by Crippen LogP contribution is 2.55. The maximum Gasteiger partial charge on any atom is 0.673 e. The van der Waals surface area contributed by atoms with Crippen LogP contribution in [0.3, 0.4) is 0 Å². The summed E-state index contributed by atoms with van der Waals surface area (Å²) in [5.74, 6) is 0. The van der Waals surface area contributed by atoms with Crippen LogP contribution < -0.4 is 0 Å². The summed E-state index contributed by atoms with van der Waals surface area (Å²) in [5.41, 5.74) is 0. The zero-order valence-electron chi connectivity index (χ0n) is 10.9. The Labute approximate surface area is 96.4 Å². The Morgan fingerprint density at radius 3 is 0.875 bits per heavy atom. The van der Waals surface area contributed by atoms with Crippen molar-refractivity contribution in [2.45, 2.75) is 51.9 Å². The van der Waals surface area contributed by atoms with Gasteiger partial charge in [0.25, 0.3) is 0 Å². The van der Waals surface area contributed by atoms with E-state index in [1.54, 1.807) is 0 Å². The minimum Gasteiger partial charge on any atom is -0.418 e. The standard InChI is InChI=1S/C9H21P.BF4.FH/c1-8(2,3)10(7)9(4,5)6;2-1(3,4)5;/h1-7H3;;1H/q;-1;. The third kappa shape index (κ3) is 16.6. The Bertz CT molecular complexity index is 160. The average molecular weight is 267 g/mol. The summed E-state index contributed by atoms with van der Waals surface area (Å²) < 4.78 is 39.0. The van der Waals surface area contributed by atoms with Gasteiger partial charge in [-0.1, -0.05) is 49.5 Å². The first-order valence-corrected chi connectivity index (χ1v) is 6.56. The number of rotatable bonds is 0. The van der Waals surface area contributed by atoms with Crippen molar-refractivity contribution >= 4 is 15.2 Å². The molecule has 102 valence electrons. The molecule has 0 unspecified atom stereocenters. The van der Waals surface area contributed by atoms with Gasteiger partial charge in [0.2, 0.25) is 0 Å². The Morgan fingerprint density at radius 1 is 0.750 bits per heavy atom. The molecule has 0 fully saturated rings. The van der Waals surface area contributed by atoms with Crippen LogP contribution in [-0.4, -0.2) is 24.2 Å². The van der Waals surface area contributed by atoms with E-state index in [0.717, 1.165) is 0 Å². The monoisotopic (exact) mass is 267 g/mol. The van der Waals surface area contributed by atoms with Crippen LogP contribution in [0.2, 0.25) is 0 Å². The molecule has 16 heavy (non-hydrogen) atoms. The Kier molecular flexibility index (Phi) is 9.08. The lowest BCUT2D eigenvalue weighted by Crippen LogP contribution is -2.23. The first-order valence-electron chi connectivity index (χ1n) is 4.77. The normalized spacial score (nSPS) is 12.8. The minimum absolute atomic E-state index is 0. The van der Waals surface area contributed by atoms with E-state index < -0.39 is 7.25 Å². The van der Waals surface area contributed by atoms with Crippen molar-refractivity contribution in [2.24, 2.45) is 0 Å². The van der Waals surface area contributed by atoms with Gasteiger partial charge in [0.1, 0.15) is 0 Å². The molecule has 0 aliphatic rings. The molecule has 0 heterocycles. The summed E-state index contributed by atoms with van der Waals surface area (Å²) in [5, 5.41) is 1.02. The third-order valence-corrected chi connectivity index (χ3v) is 6.04. The van der Waals surface area contributed by atoms with Gasteiger partial charge in [0, 0.05) is 0 Å². The number of hydrogen-bond donors (Lipinski definition) is 0. The van der Waals surface area contributed by atoms with Gasteiger partial charge in [-0.15, -0.1) is 0 Å². The average Bonchev–Trinajstić information content (AvgIpc) is 1.77. The molecule has 0 aliphatic heterocycles. The van der Waals surface area contributed by atoms with Gasteiger partial charge in [-0.05, 0) is 17.0 Å². The molecule has 7 heteroatoms. The van der Waals surface area contributed by atoms with Crippen LogP contribution >= 0.6 is 7.92 Å². The SMILES string of the molecule is CP(C(C)(C)C)C(C)(C)C.F.F[B-](F)(F)F. The highest BCUT2D eigenvalue weighted by Gasteiger charge is 2.29. The molecule has 0 bridgehead atoms. The zero-order chi connectivity index (χ0) is 13.1. The maximum absolute atomic E-state index is 9.75. The van der Waals surface area contributed by atoms with Crippen molar-refractivity contribution in [3.63, 3.8) is 0 Å². The molecular weight excluding hydrogens is 245 g/mol. The third-order valence-electron chi connectivity index (χ3n) is 2.01. The predicted molar refractivity (Wildman–Crippen MR) is 65.0 cm³/mol. The van der Waals surface area contributed by atoms with Crippen molar-refractivity contribution in [1.82, 2.24) is 0 Å². The fraction of sp³-hybridized carbons (Fsp3) is 1.00. The van der Waals surface area contributed by atoms with Crippen molar-refractivity contribution in [3.8, 4) is 0 Å². The van der Waals surface area contributed by atoms with Crippen molar-refractivity contribution in [1.29, 1.82) is 0 Å². The van der Waals surface area contributed by atoms with Crippen LogP contribution in [0.4, 0.5) is 22.0 Å². The molecule has 0 amide bonds. The summed E-state index contributed by atoms with van der Waals surface area (Å²) in [7, 11) is -5.86. The molecule has 0 rings (SSSR count). The van der Waals surface area contributed by atoms with Crippen molar-refractivity contribution in [3.05, 3.63) is 0 Å². The highest BCUT2D eigenvalue weighted by atomic mass is 31.1. The molecule has 0 aromatic heterocycles. The fourth-order valence-electron chi connectivity index (χ4n) is 1.01. The maximum atomic E-state index is 9.75. The zero-order valence-corrected chi connectivity index (χ0v) is 11.8. The molecule has 0 aromatic carbocycles. The van der Waals surface area contributed by atoms with Gasteiger partial charge in [-0.3, -0.25) is 4.70 Å². The molecule has 0 saturated carbocycles. The topological polar surface area (TPSA) is 0 Å². The second-order valence-electron chi connectivity index (χ2n) is 5.40. The van der Waals surface area contributed by atoms with Gasteiger partial charge in [0.15, 0.2) is 0 Å². The molecule has 0 aromatic rings. The highest BCUT2D eigenvalue weighted by molar-refractivity contribution is 7.60. The lowest BCUT2D eigenvalue weighted by molar-refractivity contribution is 0.368. The predicted octanol–water partition coefficient (Wildman–Crippen LogP) is 5.15. The van der Waals surface area contributed by atoms with Crippen LogP contribution in [-0.2, 0) is 0 Å². The second kappa shape index (κ2) is 6.78. The van der Waals surface area contributed by atoms with Crippen LogP contribution in [0.15, 0.2) is 0 Å². The molecule has 0 radical (unpaired) electrons. The molecular formula is C9H22BF5P-. The van der Waals surface area contributed by atoms with Crippen LogP contribution in [0.1, 0.15) is 41.5 Å². The molecule has 0 spiro atoms. The Balaban J connectivity index is -0.000000242. The van der Waals surface area contributed by atoms with Crippen LogP contribution in [0.5, 0.6) is 0 Å². The molecule has 0 saturated heterocycles. The second-order valence-corrected chi connectivity index (χ2v) is 9.20. The van der Waals surface area contributed by atoms with Gasteiger partial charge in [-0.25, -0.2) is 0 Å². The Hall–Kier alpha value is 0.145. The fourth-order valence-corrected chi connectivity index (χ4v) is 3.02. The molecule has 0 nitrogen and oxygen atoms in total. The summed E-state index contributed by atoms with van der Waals surface area (Å²) in [6.07, 6.45) is 0. The summed E-state index contributed by atoms with van der Waals surface area (Å²) >= 11 is 0. The Morgan fingerprint density at radius 2 is 0.875 bits per heavy atom. The largest absolute Gasteiger partial charge is 0.673 e. The first-order chi connectivity index (χ1) is 6.15. The lowest BCUT2D eigenvalue weighted by Gasteiger charge is -2.38. The molecule has 0 aliphatic carbocycles. The van der Waals surface area contributed by atoms with E-state index in [0.29, 0.717) is 10.3 Å². The first kappa shape index (κ1) is 21.4.